The van der Waals surface area contributed by atoms with Gasteiger partial charge < -0.3 is 9.64 Å². The Labute approximate surface area is 127 Å². The zero-order valence-electron chi connectivity index (χ0n) is 11.7. The molecule has 0 atom stereocenters. The van der Waals surface area contributed by atoms with E-state index in [1.807, 2.05) is 44.2 Å². The van der Waals surface area contributed by atoms with Crippen molar-refractivity contribution in [2.75, 3.05) is 19.7 Å². The summed E-state index contributed by atoms with van der Waals surface area (Å²) in [5, 5.41) is 2.24. The quantitative estimate of drug-likeness (QED) is 0.830. The lowest BCUT2D eigenvalue weighted by Gasteiger charge is -2.18. The number of hydrogen-bond acceptors (Lipinski definition) is 2. The summed E-state index contributed by atoms with van der Waals surface area (Å²) in [6.45, 7) is 5.45. The SMILES string of the molecule is CCN(CC)C(=O)COc1ccc2cc(Br)ccc2c1. The van der Waals surface area contributed by atoms with Gasteiger partial charge in [-0.05, 0) is 48.9 Å². The first-order valence-corrected chi connectivity index (χ1v) is 7.53. The molecule has 0 aliphatic carbocycles. The smallest absolute Gasteiger partial charge is 0.260 e. The van der Waals surface area contributed by atoms with Gasteiger partial charge in [-0.1, -0.05) is 28.1 Å². The monoisotopic (exact) mass is 335 g/mol. The fourth-order valence-electron chi connectivity index (χ4n) is 2.10. The number of fused-ring (bicyclic) bond motifs is 1. The van der Waals surface area contributed by atoms with Gasteiger partial charge in [-0.15, -0.1) is 0 Å². The Balaban J connectivity index is 2.07. The number of carbonyl (C=O) groups is 1. The van der Waals surface area contributed by atoms with Gasteiger partial charge in [0.05, 0.1) is 0 Å². The number of halogens is 1. The number of amides is 1. The molecule has 1 amide bonds. The van der Waals surface area contributed by atoms with Crippen LogP contribution >= 0.6 is 15.9 Å². The van der Waals surface area contributed by atoms with Crippen molar-refractivity contribution in [2.45, 2.75) is 13.8 Å². The second kappa shape index (κ2) is 6.75. The van der Waals surface area contributed by atoms with Crippen molar-refractivity contribution in [2.24, 2.45) is 0 Å². The summed E-state index contributed by atoms with van der Waals surface area (Å²) in [6.07, 6.45) is 0. The highest BCUT2D eigenvalue weighted by molar-refractivity contribution is 9.10. The molecule has 2 aromatic carbocycles. The molecule has 2 rings (SSSR count). The van der Waals surface area contributed by atoms with Crippen LogP contribution in [0.15, 0.2) is 40.9 Å². The minimum absolute atomic E-state index is 0.0194. The van der Waals surface area contributed by atoms with Crippen molar-refractivity contribution in [1.29, 1.82) is 0 Å². The average molecular weight is 336 g/mol. The molecular formula is C16H18BrNO2. The van der Waals surface area contributed by atoms with E-state index in [0.29, 0.717) is 13.1 Å². The van der Waals surface area contributed by atoms with Crippen molar-refractivity contribution in [1.82, 2.24) is 4.90 Å². The summed E-state index contributed by atoms with van der Waals surface area (Å²) >= 11 is 3.45. The van der Waals surface area contributed by atoms with Gasteiger partial charge in [-0.2, -0.15) is 0 Å². The molecule has 20 heavy (non-hydrogen) atoms. The molecule has 0 fully saturated rings. The number of rotatable bonds is 5. The Morgan fingerprint density at radius 3 is 2.45 bits per heavy atom. The van der Waals surface area contributed by atoms with E-state index in [2.05, 4.69) is 22.0 Å². The van der Waals surface area contributed by atoms with Crippen LogP contribution in [0.25, 0.3) is 10.8 Å². The number of benzene rings is 2. The summed E-state index contributed by atoms with van der Waals surface area (Å²) in [5.41, 5.74) is 0. The van der Waals surface area contributed by atoms with E-state index in [0.717, 1.165) is 21.0 Å². The van der Waals surface area contributed by atoms with Crippen molar-refractivity contribution in [3.63, 3.8) is 0 Å². The van der Waals surface area contributed by atoms with Crippen LogP contribution < -0.4 is 4.74 Å². The maximum atomic E-state index is 11.9. The molecular weight excluding hydrogens is 318 g/mol. The van der Waals surface area contributed by atoms with Crippen LogP contribution in [0.3, 0.4) is 0 Å². The van der Waals surface area contributed by atoms with Crippen molar-refractivity contribution in [3.8, 4) is 5.75 Å². The fourth-order valence-corrected chi connectivity index (χ4v) is 2.48. The van der Waals surface area contributed by atoms with Crippen LogP contribution in [-0.2, 0) is 4.79 Å². The number of nitrogens with zero attached hydrogens (tertiary/aromatic N) is 1. The highest BCUT2D eigenvalue weighted by Gasteiger charge is 2.10. The normalized spacial score (nSPS) is 10.6. The minimum Gasteiger partial charge on any atom is -0.484 e. The summed E-state index contributed by atoms with van der Waals surface area (Å²) in [7, 11) is 0. The van der Waals surface area contributed by atoms with Crippen LogP contribution in [0.5, 0.6) is 5.75 Å². The van der Waals surface area contributed by atoms with Gasteiger partial charge in [0.2, 0.25) is 0 Å². The van der Waals surface area contributed by atoms with E-state index < -0.39 is 0 Å². The average Bonchev–Trinajstić information content (AvgIpc) is 2.46. The molecule has 0 spiro atoms. The van der Waals surface area contributed by atoms with Crippen molar-refractivity contribution < 1.29 is 9.53 Å². The second-order valence-corrected chi connectivity index (χ2v) is 5.42. The molecule has 0 bridgehead atoms. The molecule has 106 valence electrons. The fraction of sp³-hybridized carbons (Fsp3) is 0.312. The molecule has 0 saturated heterocycles. The second-order valence-electron chi connectivity index (χ2n) is 4.51. The van der Waals surface area contributed by atoms with Gasteiger partial charge in [0.15, 0.2) is 6.61 Å². The topological polar surface area (TPSA) is 29.5 Å². The van der Waals surface area contributed by atoms with Crippen LogP contribution in [0.4, 0.5) is 0 Å². The van der Waals surface area contributed by atoms with E-state index in [1.54, 1.807) is 4.90 Å². The molecule has 0 N–H and O–H groups in total. The third-order valence-corrected chi connectivity index (χ3v) is 3.75. The first kappa shape index (κ1) is 14.9. The van der Waals surface area contributed by atoms with Crippen LogP contribution in [0.2, 0.25) is 0 Å². The summed E-state index contributed by atoms with van der Waals surface area (Å²) in [4.78, 5) is 13.6. The predicted molar refractivity (Wildman–Crippen MR) is 85.1 cm³/mol. The molecule has 4 heteroatoms. The summed E-state index contributed by atoms with van der Waals surface area (Å²) in [5.74, 6) is 0.742. The maximum Gasteiger partial charge on any atom is 0.260 e. The Morgan fingerprint density at radius 1 is 1.10 bits per heavy atom. The molecule has 2 aromatic rings. The third-order valence-electron chi connectivity index (χ3n) is 3.25. The van der Waals surface area contributed by atoms with Gasteiger partial charge in [-0.3, -0.25) is 4.79 Å². The first-order chi connectivity index (χ1) is 9.63. The number of hydrogen-bond donors (Lipinski definition) is 0. The van der Waals surface area contributed by atoms with E-state index >= 15 is 0 Å². The summed E-state index contributed by atoms with van der Waals surface area (Å²) < 4.78 is 6.64. The highest BCUT2D eigenvalue weighted by Crippen LogP contribution is 2.24. The third kappa shape index (κ3) is 3.51. The lowest BCUT2D eigenvalue weighted by atomic mass is 10.1. The standard InChI is InChI=1S/C16H18BrNO2/c1-3-18(4-2)16(19)11-20-15-8-6-12-9-14(17)7-5-13(12)10-15/h5-10H,3-4,11H2,1-2H3. The molecule has 0 radical (unpaired) electrons. The number of carbonyl (C=O) groups excluding carboxylic acids is 1. The van der Waals surface area contributed by atoms with Crippen LogP contribution in [-0.4, -0.2) is 30.5 Å². The van der Waals surface area contributed by atoms with Gasteiger partial charge in [0.25, 0.3) is 5.91 Å². The Morgan fingerprint density at radius 2 is 1.75 bits per heavy atom. The minimum atomic E-state index is 0.0194. The number of ether oxygens (including phenoxy) is 1. The first-order valence-electron chi connectivity index (χ1n) is 6.74. The van der Waals surface area contributed by atoms with E-state index in [1.165, 1.54) is 0 Å². The van der Waals surface area contributed by atoms with Gasteiger partial charge in [-0.25, -0.2) is 0 Å². The lowest BCUT2D eigenvalue weighted by molar-refractivity contribution is -0.132. The van der Waals surface area contributed by atoms with Crippen LogP contribution in [0, 0.1) is 0 Å². The zero-order valence-corrected chi connectivity index (χ0v) is 13.3. The summed E-state index contributed by atoms with van der Waals surface area (Å²) in [6, 6.07) is 11.9. The van der Waals surface area contributed by atoms with Crippen molar-refractivity contribution >= 4 is 32.6 Å². The Bertz CT molecular complexity index is 608. The highest BCUT2D eigenvalue weighted by atomic mass is 79.9. The predicted octanol–water partition coefficient (Wildman–Crippen LogP) is 3.85. The lowest BCUT2D eigenvalue weighted by Crippen LogP contribution is -2.34. The van der Waals surface area contributed by atoms with E-state index in [4.69, 9.17) is 4.74 Å². The molecule has 0 aromatic heterocycles. The molecule has 0 aliphatic heterocycles. The maximum absolute atomic E-state index is 11.9. The van der Waals surface area contributed by atoms with Crippen molar-refractivity contribution in [3.05, 3.63) is 40.9 Å². The zero-order chi connectivity index (χ0) is 14.5. The molecule has 0 heterocycles. The number of likely N-dealkylation sites (N-methyl/N-ethyl adjacent to an activating group) is 1. The Kier molecular flexibility index (Phi) is 5.01. The molecule has 0 unspecified atom stereocenters. The van der Waals surface area contributed by atoms with Gasteiger partial charge in [0, 0.05) is 17.6 Å². The largest absolute Gasteiger partial charge is 0.484 e. The molecule has 0 saturated carbocycles. The van der Waals surface area contributed by atoms with Gasteiger partial charge in [0.1, 0.15) is 5.75 Å². The van der Waals surface area contributed by atoms with Crippen LogP contribution in [0.1, 0.15) is 13.8 Å². The van der Waals surface area contributed by atoms with Gasteiger partial charge >= 0.3 is 0 Å². The molecule has 0 aliphatic rings. The Hall–Kier alpha value is -1.55. The van der Waals surface area contributed by atoms with E-state index in [-0.39, 0.29) is 12.5 Å². The van der Waals surface area contributed by atoms with E-state index in [9.17, 15) is 4.79 Å². The molecule has 3 nitrogen and oxygen atoms in total.